The molecule has 0 aliphatic heterocycles. The molecular weight excluding hydrogens is 1060 g/mol. The van der Waals surface area contributed by atoms with E-state index in [1.165, 1.54) is 219 Å². The van der Waals surface area contributed by atoms with Crippen molar-refractivity contribution < 1.29 is 58.6 Å². The van der Waals surface area contributed by atoms with Crippen molar-refractivity contribution in [2.24, 2.45) is 0 Å². The van der Waals surface area contributed by atoms with Crippen molar-refractivity contribution in [3.8, 4) is 0 Å². The van der Waals surface area contributed by atoms with Gasteiger partial charge < -0.3 is 39.4 Å². The molecule has 0 atom stereocenters. The van der Waals surface area contributed by atoms with Gasteiger partial charge in [-0.15, -0.1) is 0 Å². The van der Waals surface area contributed by atoms with Crippen LogP contribution < -0.4 is 0 Å². The minimum Gasteiger partial charge on any atom is -0.450 e. The van der Waals surface area contributed by atoms with Gasteiger partial charge in [0.05, 0.1) is 26.4 Å². The maximum atomic E-state index is 10.7. The molecule has 0 saturated carbocycles. The van der Waals surface area contributed by atoms with Crippen LogP contribution in [-0.4, -0.2) is 71.5 Å². The van der Waals surface area contributed by atoms with E-state index in [0.29, 0.717) is 0 Å². The highest BCUT2D eigenvalue weighted by atomic mass is 16.7. The molecule has 0 spiro atoms. The van der Waals surface area contributed by atoms with Crippen LogP contribution in [0.4, 0.5) is 19.2 Å². The lowest BCUT2D eigenvalue weighted by atomic mass is 9.76. The number of hydrogen-bond donors (Lipinski definition) is 4. The molecule has 12 nitrogen and oxygen atoms in total. The first-order chi connectivity index (χ1) is 41.2. The Balaban J connectivity index is 1.13. The molecule has 7 aromatic carbocycles. The lowest BCUT2D eigenvalue weighted by molar-refractivity contribution is 0.0887. The highest BCUT2D eigenvalue weighted by Gasteiger charge is 2.27. The number of unbranched alkanes of at least 4 members (excludes halogenated alkanes) is 32. The van der Waals surface area contributed by atoms with Crippen LogP contribution in [0, 0.1) is 0 Å². The number of carbonyl (C=O) groups is 4. The Kier molecular flexibility index (Phi) is 28.6. The third-order valence-corrected chi connectivity index (χ3v) is 18.1. The smallest absolute Gasteiger partial charge is 0.450 e. The number of carboxylic acid groups (broad SMARTS) is 4. The SMILES string of the molecule is O=C(O)OCCCCCCCCCCCc1c(CCCCCCCCCCCOC(=O)O)c2ccc3ccc4c(CCCCCCCCCCCOC(=O)O)c(CCCCCCCCCCCOC(=O)O)c5ccc6ccc1c1c6c5c4c3c21. The van der Waals surface area contributed by atoms with Crippen LogP contribution >= 0.6 is 0 Å². The molecule has 0 aliphatic rings. The Labute approximate surface area is 499 Å². The van der Waals surface area contributed by atoms with Crippen molar-refractivity contribution in [3.05, 3.63) is 70.8 Å². The summed E-state index contributed by atoms with van der Waals surface area (Å²) in [4.78, 5) is 42.8. The molecule has 0 aliphatic carbocycles. The van der Waals surface area contributed by atoms with E-state index in [2.05, 4.69) is 48.5 Å². The molecule has 0 heterocycles. The van der Waals surface area contributed by atoms with E-state index in [1.54, 1.807) is 22.3 Å². The number of aryl methyl sites for hydroxylation is 4. The molecule has 0 fully saturated rings. The van der Waals surface area contributed by atoms with Gasteiger partial charge in [-0.05, 0) is 164 Å². The summed E-state index contributed by atoms with van der Waals surface area (Å²) < 4.78 is 18.8. The molecule has 4 N–H and O–H groups in total. The monoisotopic (exact) mass is 1160 g/mol. The second-order valence-corrected chi connectivity index (χ2v) is 24.2. The fraction of sp³-hybridized carbons (Fsp3) is 0.611. The molecule has 0 unspecified atom stereocenters. The Morgan fingerprint density at radius 2 is 0.393 bits per heavy atom. The Morgan fingerprint density at radius 1 is 0.226 bits per heavy atom. The minimum absolute atomic E-state index is 0.289. The van der Waals surface area contributed by atoms with Crippen LogP contribution in [0.1, 0.15) is 253 Å². The first kappa shape index (κ1) is 65.5. The van der Waals surface area contributed by atoms with E-state index in [4.69, 9.17) is 39.4 Å². The van der Waals surface area contributed by atoms with Crippen molar-refractivity contribution in [2.45, 2.75) is 257 Å². The summed E-state index contributed by atoms with van der Waals surface area (Å²) in [6.45, 7) is 1.16. The van der Waals surface area contributed by atoms with E-state index >= 15 is 0 Å². The van der Waals surface area contributed by atoms with Crippen LogP contribution in [0.3, 0.4) is 0 Å². The third kappa shape index (κ3) is 20.0. The predicted octanol–water partition coefficient (Wildman–Crippen LogP) is 21.9. The molecule has 460 valence electrons. The molecule has 0 amide bonds. The molecule has 12 heteroatoms. The first-order valence-electron chi connectivity index (χ1n) is 33.2. The maximum absolute atomic E-state index is 10.7. The van der Waals surface area contributed by atoms with Crippen LogP contribution in [-0.2, 0) is 44.6 Å². The summed E-state index contributed by atoms with van der Waals surface area (Å²) in [5.74, 6) is 0. The second kappa shape index (κ2) is 36.7. The van der Waals surface area contributed by atoms with Crippen molar-refractivity contribution >= 4 is 89.3 Å². The van der Waals surface area contributed by atoms with Crippen LogP contribution in [0.2, 0.25) is 0 Å². The van der Waals surface area contributed by atoms with Gasteiger partial charge in [-0.25, -0.2) is 19.2 Å². The van der Waals surface area contributed by atoms with Gasteiger partial charge in [0.15, 0.2) is 0 Å². The average molecular weight is 1160 g/mol. The normalized spacial score (nSPS) is 11.9. The first-order valence-corrected chi connectivity index (χ1v) is 33.2. The summed E-state index contributed by atoms with van der Waals surface area (Å²) in [6.07, 6.45) is 40.2. The molecule has 0 saturated heterocycles. The summed E-state index contributed by atoms with van der Waals surface area (Å²) in [7, 11) is 0. The van der Waals surface area contributed by atoms with Crippen LogP contribution in [0.5, 0.6) is 0 Å². The Hall–Kier alpha value is -6.04. The van der Waals surface area contributed by atoms with Crippen molar-refractivity contribution in [2.75, 3.05) is 26.4 Å². The maximum Gasteiger partial charge on any atom is 0.505 e. The van der Waals surface area contributed by atoms with E-state index < -0.39 is 24.6 Å². The van der Waals surface area contributed by atoms with Gasteiger partial charge >= 0.3 is 24.6 Å². The zero-order valence-electron chi connectivity index (χ0n) is 50.8. The average Bonchev–Trinajstić information content (AvgIpc) is 0.686. The lowest BCUT2D eigenvalue weighted by Gasteiger charge is -2.27. The minimum atomic E-state index is -1.19. The zero-order valence-corrected chi connectivity index (χ0v) is 50.8. The van der Waals surface area contributed by atoms with Crippen molar-refractivity contribution in [1.29, 1.82) is 0 Å². The molecule has 0 bridgehead atoms. The van der Waals surface area contributed by atoms with Gasteiger partial charge in [-0.3, -0.25) is 0 Å². The lowest BCUT2D eigenvalue weighted by Crippen LogP contribution is -2.05. The van der Waals surface area contributed by atoms with E-state index in [9.17, 15) is 19.2 Å². The highest BCUT2D eigenvalue weighted by Crippen LogP contribution is 2.52. The van der Waals surface area contributed by atoms with Crippen LogP contribution in [0.15, 0.2) is 48.5 Å². The summed E-state index contributed by atoms with van der Waals surface area (Å²) in [5.41, 5.74) is 6.26. The number of hydrogen-bond acceptors (Lipinski definition) is 8. The largest absolute Gasteiger partial charge is 0.505 e. The summed E-state index contributed by atoms with van der Waals surface area (Å²) in [6, 6.07) is 19.7. The number of rotatable bonds is 48. The molecule has 84 heavy (non-hydrogen) atoms. The van der Waals surface area contributed by atoms with E-state index in [0.717, 1.165) is 103 Å². The van der Waals surface area contributed by atoms with E-state index in [-0.39, 0.29) is 26.4 Å². The fourth-order valence-corrected chi connectivity index (χ4v) is 13.9. The van der Waals surface area contributed by atoms with Gasteiger partial charge in [0, 0.05) is 0 Å². The molecule has 0 aromatic heterocycles. The molecule has 7 rings (SSSR count). The van der Waals surface area contributed by atoms with Gasteiger partial charge in [-0.2, -0.15) is 0 Å². The van der Waals surface area contributed by atoms with E-state index in [1.807, 2.05) is 0 Å². The van der Waals surface area contributed by atoms with Crippen molar-refractivity contribution in [3.63, 3.8) is 0 Å². The number of ether oxygens (including phenoxy) is 4. The van der Waals surface area contributed by atoms with Crippen molar-refractivity contribution in [1.82, 2.24) is 0 Å². The van der Waals surface area contributed by atoms with Gasteiger partial charge in [0.2, 0.25) is 0 Å². The quantitative estimate of drug-likeness (QED) is 0.00931. The topological polar surface area (TPSA) is 186 Å². The summed E-state index contributed by atoms with van der Waals surface area (Å²) in [5, 5.41) is 52.4. The Morgan fingerprint density at radius 3 is 0.571 bits per heavy atom. The van der Waals surface area contributed by atoms with Gasteiger partial charge in [0.25, 0.3) is 0 Å². The molecular formula is C72H100O12. The summed E-state index contributed by atoms with van der Waals surface area (Å²) >= 11 is 0. The van der Waals surface area contributed by atoms with Gasteiger partial charge in [0.1, 0.15) is 0 Å². The molecule has 7 aromatic rings. The second-order valence-electron chi connectivity index (χ2n) is 24.2. The standard InChI is InChI=1S/C72H100O12/c73-69(74)81-49-33-25-17-9-1-5-13-21-29-37-55-56(38-30-22-14-6-2-10-18-26-34-50-82-70(75)76)60-46-42-54-44-48-62-58(40-32-24-16-8-4-12-20-28-36-52-84-72(79)80)57(39-31-23-15-7-3-11-19-27-35-51-83-71(77)78)61-47-43-53-41-45-59(55)65-63(53)67(61)68(62)64(54)66(60)65/h41-48H,1-40,49-52H2,(H,73,74)(H,75,76)(H,77,78)(H,79,80). The molecule has 0 radical (unpaired) electrons. The number of benzene rings is 7. The fourth-order valence-electron chi connectivity index (χ4n) is 13.9. The van der Waals surface area contributed by atoms with Crippen LogP contribution in [0.25, 0.3) is 64.6 Å². The Bertz CT molecular complexity index is 2640. The third-order valence-electron chi connectivity index (χ3n) is 18.1. The highest BCUT2D eigenvalue weighted by molar-refractivity contribution is 6.45. The predicted molar refractivity (Wildman–Crippen MR) is 342 cm³/mol. The van der Waals surface area contributed by atoms with Gasteiger partial charge in [-0.1, -0.05) is 228 Å². The zero-order chi connectivity index (χ0) is 59.1.